The van der Waals surface area contributed by atoms with Gasteiger partial charge in [-0.05, 0) is 37.1 Å². The van der Waals surface area contributed by atoms with Crippen LogP contribution >= 0.6 is 11.6 Å². The van der Waals surface area contributed by atoms with Crippen molar-refractivity contribution in [1.82, 2.24) is 4.90 Å². The van der Waals surface area contributed by atoms with Crippen molar-refractivity contribution >= 4 is 17.5 Å². The predicted molar refractivity (Wildman–Crippen MR) is 85.5 cm³/mol. The Labute approximate surface area is 136 Å². The van der Waals surface area contributed by atoms with Crippen LogP contribution in [-0.2, 0) is 16.1 Å². The Kier molecular flexibility index (Phi) is 6.64. The fraction of sp³-hybridized carbons (Fsp3) is 0.562. The molecule has 1 aliphatic heterocycles. The van der Waals surface area contributed by atoms with E-state index in [0.29, 0.717) is 24.7 Å². The molecule has 1 amide bonds. The van der Waals surface area contributed by atoms with Gasteiger partial charge in [0.15, 0.2) is 0 Å². The number of hydrogen-bond donors (Lipinski definition) is 2. The molecule has 5 nitrogen and oxygen atoms in total. The zero-order valence-corrected chi connectivity index (χ0v) is 13.3. The monoisotopic (exact) mass is 326 g/mol. The zero-order valence-electron chi connectivity index (χ0n) is 12.6. The Balaban J connectivity index is 1.68. The average molecular weight is 327 g/mol. The minimum absolute atomic E-state index is 0.101. The second-order valence-corrected chi connectivity index (χ2v) is 6.23. The number of likely N-dealkylation sites (tertiary alicyclic amines) is 1. The van der Waals surface area contributed by atoms with Crippen molar-refractivity contribution in [3.63, 3.8) is 0 Å². The van der Waals surface area contributed by atoms with Crippen molar-refractivity contribution in [1.29, 1.82) is 0 Å². The highest BCUT2D eigenvalue weighted by Crippen LogP contribution is 2.16. The molecule has 1 aromatic rings. The second kappa shape index (κ2) is 8.48. The Morgan fingerprint density at radius 2 is 2.18 bits per heavy atom. The number of aliphatic hydroxyl groups excluding tert-OH is 1. The van der Waals surface area contributed by atoms with Gasteiger partial charge in [0, 0.05) is 18.1 Å². The molecule has 1 aliphatic rings. The third kappa shape index (κ3) is 5.57. The minimum atomic E-state index is -0.570. The molecule has 0 spiro atoms. The van der Waals surface area contributed by atoms with Crippen LogP contribution in [0.15, 0.2) is 24.3 Å². The molecule has 0 unspecified atom stereocenters. The molecule has 2 atom stereocenters. The van der Waals surface area contributed by atoms with Crippen molar-refractivity contribution in [2.75, 3.05) is 26.2 Å². The highest BCUT2D eigenvalue weighted by atomic mass is 35.5. The van der Waals surface area contributed by atoms with Gasteiger partial charge in [0.25, 0.3) is 0 Å². The fourth-order valence-corrected chi connectivity index (χ4v) is 2.82. The van der Waals surface area contributed by atoms with Gasteiger partial charge in [0.1, 0.15) is 0 Å². The van der Waals surface area contributed by atoms with Gasteiger partial charge >= 0.3 is 0 Å². The van der Waals surface area contributed by atoms with Crippen LogP contribution in [0.4, 0.5) is 0 Å². The molecule has 1 fully saturated rings. The van der Waals surface area contributed by atoms with Crippen LogP contribution in [0.5, 0.6) is 0 Å². The van der Waals surface area contributed by atoms with E-state index in [4.69, 9.17) is 22.1 Å². The summed E-state index contributed by atoms with van der Waals surface area (Å²) in [4.78, 5) is 13.3. The summed E-state index contributed by atoms with van der Waals surface area (Å²) in [6.07, 6.45) is 1.21. The van der Waals surface area contributed by atoms with Crippen molar-refractivity contribution in [3.05, 3.63) is 34.9 Å². The third-order valence-corrected chi connectivity index (χ3v) is 4.12. The van der Waals surface area contributed by atoms with Crippen LogP contribution in [-0.4, -0.2) is 48.3 Å². The maximum Gasteiger partial charge on any atom is 0.221 e. The van der Waals surface area contributed by atoms with Crippen molar-refractivity contribution in [3.8, 4) is 0 Å². The number of primary amides is 1. The van der Waals surface area contributed by atoms with Gasteiger partial charge < -0.3 is 15.6 Å². The molecule has 0 aliphatic carbocycles. The van der Waals surface area contributed by atoms with Crippen LogP contribution in [0, 0.1) is 5.92 Å². The lowest BCUT2D eigenvalue weighted by molar-refractivity contribution is -0.123. The van der Waals surface area contributed by atoms with Gasteiger partial charge in [-0.25, -0.2) is 0 Å². The standard InChI is InChI=1S/C16H23ClN2O3/c17-14-5-3-12(4-6-14)10-22-11-15(20)9-19-7-1-2-13(8-19)16(18)21/h3-6,13,15,20H,1-2,7-11H2,(H2,18,21)/t13-,15+/m0/s1. The lowest BCUT2D eigenvalue weighted by Gasteiger charge is -2.32. The molecule has 0 radical (unpaired) electrons. The largest absolute Gasteiger partial charge is 0.389 e. The average Bonchev–Trinajstić information content (AvgIpc) is 2.49. The number of halogens is 1. The van der Waals surface area contributed by atoms with Gasteiger partial charge in [-0.15, -0.1) is 0 Å². The van der Waals surface area contributed by atoms with Crippen molar-refractivity contribution in [2.45, 2.75) is 25.6 Å². The first kappa shape index (κ1) is 17.2. The summed E-state index contributed by atoms with van der Waals surface area (Å²) < 4.78 is 5.53. The second-order valence-electron chi connectivity index (χ2n) is 5.80. The molecule has 0 bridgehead atoms. The lowest BCUT2D eigenvalue weighted by atomic mass is 9.97. The summed E-state index contributed by atoms with van der Waals surface area (Å²) in [6, 6.07) is 7.43. The summed E-state index contributed by atoms with van der Waals surface area (Å²) in [5.74, 6) is -0.353. The van der Waals surface area contributed by atoms with Crippen LogP contribution < -0.4 is 5.73 Å². The number of nitrogens with zero attached hydrogens (tertiary/aromatic N) is 1. The van der Waals surface area contributed by atoms with Crippen LogP contribution in [0.25, 0.3) is 0 Å². The molecule has 2 rings (SSSR count). The maximum absolute atomic E-state index is 11.2. The summed E-state index contributed by atoms with van der Waals surface area (Å²) in [5.41, 5.74) is 6.37. The Hall–Kier alpha value is -1.14. The number of benzene rings is 1. The highest BCUT2D eigenvalue weighted by molar-refractivity contribution is 6.30. The Morgan fingerprint density at radius 3 is 2.86 bits per heavy atom. The topological polar surface area (TPSA) is 75.8 Å². The van der Waals surface area contributed by atoms with E-state index >= 15 is 0 Å². The predicted octanol–water partition coefficient (Wildman–Crippen LogP) is 1.41. The van der Waals surface area contributed by atoms with Crippen LogP contribution in [0.2, 0.25) is 5.02 Å². The quantitative estimate of drug-likeness (QED) is 0.794. The van der Waals surface area contributed by atoms with E-state index in [1.54, 1.807) is 0 Å². The first-order chi connectivity index (χ1) is 10.5. The molecule has 6 heteroatoms. The number of aliphatic hydroxyl groups is 1. The number of amides is 1. The SMILES string of the molecule is NC(=O)[C@H]1CCCN(C[C@@H](O)COCc2ccc(Cl)cc2)C1. The van der Waals surface area contributed by atoms with Crippen LogP contribution in [0.1, 0.15) is 18.4 Å². The summed E-state index contributed by atoms with van der Waals surface area (Å²) >= 11 is 5.82. The summed E-state index contributed by atoms with van der Waals surface area (Å²) in [7, 11) is 0. The molecule has 0 aromatic heterocycles. The number of carbonyl (C=O) groups is 1. The molecular formula is C16H23ClN2O3. The van der Waals surface area contributed by atoms with Crippen LogP contribution in [0.3, 0.4) is 0 Å². The molecule has 22 heavy (non-hydrogen) atoms. The molecule has 1 saturated heterocycles. The zero-order chi connectivity index (χ0) is 15.9. The van der Waals surface area contributed by atoms with Gasteiger partial charge in [-0.2, -0.15) is 0 Å². The fourth-order valence-electron chi connectivity index (χ4n) is 2.70. The molecule has 0 saturated carbocycles. The van der Waals surface area contributed by atoms with Gasteiger partial charge in [0.2, 0.25) is 5.91 Å². The van der Waals surface area contributed by atoms with E-state index in [1.165, 1.54) is 0 Å². The van der Waals surface area contributed by atoms with E-state index in [1.807, 2.05) is 24.3 Å². The number of carbonyl (C=O) groups excluding carboxylic acids is 1. The van der Waals surface area contributed by atoms with Gasteiger partial charge in [0.05, 0.1) is 25.2 Å². The van der Waals surface area contributed by atoms with E-state index in [-0.39, 0.29) is 18.4 Å². The van der Waals surface area contributed by atoms with E-state index in [2.05, 4.69) is 4.90 Å². The Bertz CT molecular complexity index is 481. The lowest BCUT2D eigenvalue weighted by Crippen LogP contribution is -2.44. The summed E-state index contributed by atoms with van der Waals surface area (Å²) in [5, 5.41) is 10.7. The van der Waals surface area contributed by atoms with Crippen molar-refractivity contribution in [2.24, 2.45) is 11.7 Å². The smallest absolute Gasteiger partial charge is 0.221 e. The number of rotatable bonds is 7. The molecule has 122 valence electrons. The Morgan fingerprint density at radius 1 is 1.45 bits per heavy atom. The minimum Gasteiger partial charge on any atom is -0.389 e. The van der Waals surface area contributed by atoms with E-state index < -0.39 is 6.10 Å². The number of piperidine rings is 1. The number of hydrogen-bond acceptors (Lipinski definition) is 4. The maximum atomic E-state index is 11.2. The normalized spacial score (nSPS) is 20.7. The highest BCUT2D eigenvalue weighted by Gasteiger charge is 2.25. The molecule has 1 aromatic carbocycles. The number of ether oxygens (including phenoxy) is 1. The van der Waals surface area contributed by atoms with Crippen molar-refractivity contribution < 1.29 is 14.6 Å². The molecular weight excluding hydrogens is 304 g/mol. The number of nitrogens with two attached hydrogens (primary N) is 1. The summed E-state index contributed by atoms with van der Waals surface area (Å²) in [6.45, 7) is 2.73. The molecule has 1 heterocycles. The first-order valence-electron chi connectivity index (χ1n) is 7.56. The van der Waals surface area contributed by atoms with E-state index in [9.17, 15) is 9.90 Å². The molecule has 3 N–H and O–H groups in total. The third-order valence-electron chi connectivity index (χ3n) is 3.87. The van der Waals surface area contributed by atoms with E-state index in [0.717, 1.165) is 24.9 Å². The van der Waals surface area contributed by atoms with Gasteiger partial charge in [-0.3, -0.25) is 9.69 Å². The first-order valence-corrected chi connectivity index (χ1v) is 7.94. The van der Waals surface area contributed by atoms with Gasteiger partial charge in [-0.1, -0.05) is 23.7 Å². The number of β-amino-alcohol motifs (C(OH)–C–C–N with tert-alkyl or cyclic N) is 1.